The summed E-state index contributed by atoms with van der Waals surface area (Å²) in [6.45, 7) is 0. The van der Waals surface area contributed by atoms with Crippen molar-refractivity contribution in [2.24, 2.45) is 0 Å². The fourth-order valence-corrected chi connectivity index (χ4v) is 8.09. The van der Waals surface area contributed by atoms with E-state index in [1.807, 2.05) is 18.5 Å². The molecule has 0 radical (unpaired) electrons. The van der Waals surface area contributed by atoms with Gasteiger partial charge in [-0.1, -0.05) is 97.1 Å². The summed E-state index contributed by atoms with van der Waals surface area (Å²) in [4.78, 5) is 9.93. The molecule has 0 fully saturated rings. The molecule has 0 saturated carbocycles. The molecular formula is C44H26N4. The molecule has 0 unspecified atom stereocenters. The highest BCUT2D eigenvalue weighted by Crippen LogP contribution is 2.47. The van der Waals surface area contributed by atoms with Gasteiger partial charge in [0, 0.05) is 61.5 Å². The molecule has 1 aliphatic carbocycles. The van der Waals surface area contributed by atoms with E-state index in [2.05, 4.69) is 149 Å². The molecular weight excluding hydrogens is 585 g/mol. The highest BCUT2D eigenvalue weighted by atomic mass is 15.1. The van der Waals surface area contributed by atoms with Gasteiger partial charge in [0.25, 0.3) is 0 Å². The zero-order chi connectivity index (χ0) is 31.3. The second kappa shape index (κ2) is 9.50. The third kappa shape index (κ3) is 3.38. The lowest BCUT2D eigenvalue weighted by molar-refractivity contribution is 1.10. The first-order chi connectivity index (χ1) is 23.8. The molecule has 222 valence electrons. The van der Waals surface area contributed by atoms with Crippen molar-refractivity contribution in [3.05, 3.63) is 158 Å². The molecule has 4 heteroatoms. The maximum absolute atomic E-state index is 5.18. The second-order valence-corrected chi connectivity index (χ2v) is 12.6. The van der Waals surface area contributed by atoms with Crippen molar-refractivity contribution in [1.29, 1.82) is 0 Å². The average Bonchev–Trinajstić information content (AvgIpc) is 3.78. The van der Waals surface area contributed by atoms with E-state index in [9.17, 15) is 0 Å². The minimum absolute atomic E-state index is 0.938. The first-order valence-electron chi connectivity index (χ1n) is 16.3. The van der Waals surface area contributed by atoms with E-state index in [4.69, 9.17) is 9.97 Å². The molecule has 0 spiro atoms. The molecule has 0 saturated heterocycles. The Bertz CT molecular complexity index is 2920. The summed E-state index contributed by atoms with van der Waals surface area (Å²) in [6, 6.07) is 52.5. The number of benzene rings is 6. The molecule has 4 aromatic heterocycles. The molecule has 11 rings (SSSR count). The summed E-state index contributed by atoms with van der Waals surface area (Å²) in [7, 11) is 0. The van der Waals surface area contributed by atoms with Gasteiger partial charge in [-0.05, 0) is 65.2 Å². The van der Waals surface area contributed by atoms with Crippen molar-refractivity contribution in [2.75, 3.05) is 0 Å². The lowest BCUT2D eigenvalue weighted by atomic mass is 10.0. The van der Waals surface area contributed by atoms with Gasteiger partial charge in [0.2, 0.25) is 0 Å². The van der Waals surface area contributed by atoms with E-state index in [1.54, 1.807) is 0 Å². The van der Waals surface area contributed by atoms with Gasteiger partial charge in [-0.3, -0.25) is 9.55 Å². The number of para-hydroxylation sites is 3. The summed E-state index contributed by atoms with van der Waals surface area (Å²) in [6.07, 6.45) is 3.89. The summed E-state index contributed by atoms with van der Waals surface area (Å²) in [5.41, 5.74) is 12.7. The maximum atomic E-state index is 5.18. The van der Waals surface area contributed by atoms with Gasteiger partial charge in [0.05, 0.1) is 27.8 Å². The Morgan fingerprint density at radius 2 is 1.06 bits per heavy atom. The lowest BCUT2D eigenvalue weighted by Crippen LogP contribution is -1.99. The Morgan fingerprint density at radius 1 is 0.396 bits per heavy atom. The van der Waals surface area contributed by atoms with Gasteiger partial charge in [-0.2, -0.15) is 0 Å². The van der Waals surface area contributed by atoms with Crippen LogP contribution in [0.15, 0.2) is 158 Å². The minimum atomic E-state index is 0.938. The highest BCUT2D eigenvalue weighted by Gasteiger charge is 2.25. The number of aromatic nitrogens is 4. The molecule has 0 aliphatic heterocycles. The molecule has 6 aromatic carbocycles. The molecule has 4 heterocycles. The van der Waals surface area contributed by atoms with Gasteiger partial charge in [0.15, 0.2) is 0 Å². The Morgan fingerprint density at radius 3 is 1.94 bits per heavy atom. The largest absolute Gasteiger partial charge is 0.309 e. The lowest BCUT2D eigenvalue weighted by Gasteiger charge is -2.12. The molecule has 1 aliphatic rings. The summed E-state index contributed by atoms with van der Waals surface area (Å²) in [5, 5.41) is 7.28. The van der Waals surface area contributed by atoms with Gasteiger partial charge >= 0.3 is 0 Å². The van der Waals surface area contributed by atoms with E-state index in [0.29, 0.717) is 0 Å². The maximum Gasteiger partial charge on any atom is 0.145 e. The van der Waals surface area contributed by atoms with Crippen molar-refractivity contribution in [1.82, 2.24) is 19.1 Å². The number of pyridine rings is 2. The van der Waals surface area contributed by atoms with E-state index in [1.165, 1.54) is 65.9 Å². The third-order valence-electron chi connectivity index (χ3n) is 10.1. The van der Waals surface area contributed by atoms with Crippen molar-refractivity contribution < 1.29 is 0 Å². The minimum Gasteiger partial charge on any atom is -0.309 e. The van der Waals surface area contributed by atoms with Crippen LogP contribution < -0.4 is 0 Å². The molecule has 0 bridgehead atoms. The first-order valence-corrected chi connectivity index (χ1v) is 16.3. The fourth-order valence-electron chi connectivity index (χ4n) is 8.09. The number of hydrogen-bond acceptors (Lipinski definition) is 2. The summed E-state index contributed by atoms with van der Waals surface area (Å²) in [5.74, 6) is 0.938. The molecule has 0 N–H and O–H groups in total. The number of fused-ring (bicyclic) bond motifs is 9. The van der Waals surface area contributed by atoms with Crippen LogP contribution in [0, 0.1) is 0 Å². The number of nitrogens with zero attached hydrogens (tertiary/aromatic N) is 4. The van der Waals surface area contributed by atoms with E-state index >= 15 is 0 Å². The van der Waals surface area contributed by atoms with Crippen LogP contribution in [0.5, 0.6) is 0 Å². The molecule has 4 nitrogen and oxygen atoms in total. The van der Waals surface area contributed by atoms with Crippen LogP contribution in [0.2, 0.25) is 0 Å². The Labute approximate surface area is 275 Å². The molecule has 10 aromatic rings. The monoisotopic (exact) mass is 610 g/mol. The van der Waals surface area contributed by atoms with E-state index in [-0.39, 0.29) is 0 Å². The van der Waals surface area contributed by atoms with Gasteiger partial charge in [-0.15, -0.1) is 0 Å². The van der Waals surface area contributed by atoms with Gasteiger partial charge in [-0.25, -0.2) is 4.98 Å². The smallest absolute Gasteiger partial charge is 0.145 e. The zero-order valence-electron chi connectivity index (χ0n) is 25.8. The van der Waals surface area contributed by atoms with Crippen molar-refractivity contribution >= 4 is 54.4 Å². The van der Waals surface area contributed by atoms with Crippen LogP contribution in [-0.2, 0) is 0 Å². The number of rotatable bonds is 3. The van der Waals surface area contributed by atoms with Crippen molar-refractivity contribution in [3.8, 4) is 45.0 Å². The average molecular weight is 611 g/mol. The molecule has 48 heavy (non-hydrogen) atoms. The van der Waals surface area contributed by atoms with E-state index < -0.39 is 0 Å². The van der Waals surface area contributed by atoms with Gasteiger partial charge < -0.3 is 4.57 Å². The second-order valence-electron chi connectivity index (χ2n) is 12.6. The molecule has 0 atom stereocenters. The van der Waals surface area contributed by atoms with Crippen LogP contribution in [0.25, 0.3) is 99.4 Å². The third-order valence-corrected chi connectivity index (χ3v) is 10.1. The first kappa shape index (κ1) is 25.6. The van der Waals surface area contributed by atoms with E-state index in [0.717, 1.165) is 33.5 Å². The summed E-state index contributed by atoms with van der Waals surface area (Å²) >= 11 is 0. The quantitative estimate of drug-likeness (QED) is 0.199. The van der Waals surface area contributed by atoms with Crippen LogP contribution in [0.3, 0.4) is 0 Å². The van der Waals surface area contributed by atoms with Crippen LogP contribution in [0.1, 0.15) is 0 Å². The predicted octanol–water partition coefficient (Wildman–Crippen LogP) is 11.1. The normalized spacial score (nSPS) is 12.2. The topological polar surface area (TPSA) is 35.6 Å². The fraction of sp³-hybridized carbons (Fsp3) is 0. The van der Waals surface area contributed by atoms with Crippen LogP contribution in [-0.4, -0.2) is 19.1 Å². The van der Waals surface area contributed by atoms with Crippen molar-refractivity contribution in [2.45, 2.75) is 0 Å². The number of hydrogen-bond donors (Lipinski definition) is 0. The summed E-state index contributed by atoms with van der Waals surface area (Å²) < 4.78 is 4.72. The predicted molar refractivity (Wildman–Crippen MR) is 198 cm³/mol. The standard InChI is InChI=1S/C44H26N4/c1-2-10-29(11-3-1)47-38-17-6-5-13-31(38)36-24-27(20-22-40(36)47)28-19-21-32-30-12-4-7-18-39(30)48(41(32)25-28)44-35-15-8-14-33-34-16-9-23-45-43(34)37(26-46-44)42(33)35/h1-26H. The Hall–Kier alpha value is -6.52. The molecule has 0 amide bonds. The Kier molecular flexibility index (Phi) is 5.08. The highest BCUT2D eigenvalue weighted by molar-refractivity contribution is 6.17. The SMILES string of the molecule is c1ccc(-n2c3ccccc3c3cc(-c4ccc5c6ccccc6n(-c6ncc7c8c(cccc68)-c6cccnc6-7)c5c4)ccc32)cc1. The van der Waals surface area contributed by atoms with Gasteiger partial charge in [0.1, 0.15) is 5.82 Å². The van der Waals surface area contributed by atoms with Crippen LogP contribution in [0.4, 0.5) is 0 Å². The zero-order valence-corrected chi connectivity index (χ0v) is 25.8. The van der Waals surface area contributed by atoms with Crippen LogP contribution >= 0.6 is 0 Å². The Balaban J connectivity index is 1.16. The van der Waals surface area contributed by atoms with Crippen molar-refractivity contribution in [3.63, 3.8) is 0 Å².